The number of halogens is 1. The number of carbonyl (C=O) groups is 1. The number of rotatable bonds is 7. The van der Waals surface area contributed by atoms with Crippen LogP contribution in [0.5, 0.6) is 5.75 Å². The summed E-state index contributed by atoms with van der Waals surface area (Å²) in [5.74, 6) is 2.62. The molecule has 0 fully saturated rings. The van der Waals surface area contributed by atoms with Gasteiger partial charge in [0, 0.05) is 11.6 Å². The van der Waals surface area contributed by atoms with Crippen molar-refractivity contribution in [1.82, 2.24) is 5.43 Å². The number of nitrogens with one attached hydrogen (secondary N) is 1. The molecule has 0 aliphatic rings. The van der Waals surface area contributed by atoms with Gasteiger partial charge in [0.2, 0.25) is 5.91 Å². The van der Waals surface area contributed by atoms with Gasteiger partial charge in [-0.15, -0.1) is 6.42 Å². The number of amides is 1. The zero-order chi connectivity index (χ0) is 18.9. The van der Waals surface area contributed by atoms with Crippen LogP contribution in [-0.4, -0.2) is 23.7 Å². The van der Waals surface area contributed by atoms with Gasteiger partial charge in [-0.1, -0.05) is 24.1 Å². The van der Waals surface area contributed by atoms with Crippen molar-refractivity contribution in [2.75, 3.05) is 6.61 Å². The summed E-state index contributed by atoms with van der Waals surface area (Å²) < 4.78 is 6.22. The van der Waals surface area contributed by atoms with Crippen LogP contribution in [0.25, 0.3) is 0 Å². The first-order valence-corrected chi connectivity index (χ1v) is 8.49. The molecule has 0 heterocycles. The zero-order valence-corrected chi connectivity index (χ0v) is 15.7. The van der Waals surface area contributed by atoms with Gasteiger partial charge in [0.15, 0.2) is 0 Å². The van der Waals surface area contributed by atoms with E-state index in [4.69, 9.17) is 11.2 Å². The Labute approximate surface area is 163 Å². The Balaban J connectivity index is 1.96. The molecule has 1 amide bonds. The Morgan fingerprint density at radius 2 is 2.15 bits per heavy atom. The number of nitrogens with zero attached hydrogens (tertiary/aromatic N) is 2. The summed E-state index contributed by atoms with van der Waals surface area (Å²) in [6.07, 6.45) is 6.50. The molecule has 0 saturated carbocycles. The molecule has 0 radical (unpaired) electrons. The molecule has 0 bridgehead atoms. The van der Waals surface area contributed by atoms with E-state index >= 15 is 0 Å². The molecular weight excluding hydrogens is 449 g/mol. The van der Waals surface area contributed by atoms with E-state index < -0.39 is 10.8 Å². The van der Waals surface area contributed by atoms with Gasteiger partial charge in [0.25, 0.3) is 5.69 Å². The number of ether oxygens (including phenoxy) is 1. The molecule has 0 atom stereocenters. The van der Waals surface area contributed by atoms with Crippen molar-refractivity contribution in [3.63, 3.8) is 0 Å². The Bertz CT molecular complexity index is 890. The maximum Gasteiger partial charge on any atom is 0.273 e. The number of nitro groups is 1. The molecule has 132 valence electrons. The van der Waals surface area contributed by atoms with Crippen LogP contribution in [0.2, 0.25) is 0 Å². The lowest BCUT2D eigenvalue weighted by Crippen LogP contribution is -2.20. The largest absolute Gasteiger partial charge is 0.480 e. The molecule has 8 heteroatoms. The van der Waals surface area contributed by atoms with E-state index in [0.29, 0.717) is 11.3 Å². The van der Waals surface area contributed by atoms with E-state index in [1.807, 2.05) is 6.07 Å². The summed E-state index contributed by atoms with van der Waals surface area (Å²) in [4.78, 5) is 22.4. The number of benzene rings is 2. The summed E-state index contributed by atoms with van der Waals surface area (Å²) in [6, 6.07) is 11.4. The molecule has 0 aromatic heterocycles. The van der Waals surface area contributed by atoms with Gasteiger partial charge in [0.1, 0.15) is 12.4 Å². The minimum absolute atomic E-state index is 0.0938. The predicted octanol–water partition coefficient (Wildman–Crippen LogP) is 2.90. The van der Waals surface area contributed by atoms with Gasteiger partial charge in [-0.25, -0.2) is 5.43 Å². The molecule has 2 aromatic carbocycles. The maximum atomic E-state index is 11.9. The number of hydrazone groups is 1. The fraction of sp³-hybridized carbons (Fsp3) is 0.111. The van der Waals surface area contributed by atoms with Crippen molar-refractivity contribution in [1.29, 1.82) is 0 Å². The van der Waals surface area contributed by atoms with Crippen LogP contribution in [-0.2, 0) is 11.2 Å². The number of terminal acetylenes is 1. The van der Waals surface area contributed by atoms with Crippen molar-refractivity contribution >= 4 is 40.4 Å². The highest BCUT2D eigenvalue weighted by molar-refractivity contribution is 14.1. The van der Waals surface area contributed by atoms with Gasteiger partial charge >= 0.3 is 0 Å². The molecule has 0 aliphatic carbocycles. The van der Waals surface area contributed by atoms with Gasteiger partial charge < -0.3 is 4.74 Å². The van der Waals surface area contributed by atoms with Crippen LogP contribution >= 0.6 is 22.6 Å². The number of hydrogen-bond acceptors (Lipinski definition) is 5. The molecule has 2 rings (SSSR count). The molecule has 0 spiro atoms. The number of para-hydroxylation sites is 1. The Hall–Kier alpha value is -2.93. The number of hydrogen-bond donors (Lipinski definition) is 1. The fourth-order valence-electron chi connectivity index (χ4n) is 2.06. The van der Waals surface area contributed by atoms with Crippen molar-refractivity contribution in [2.24, 2.45) is 5.10 Å². The van der Waals surface area contributed by atoms with Crippen molar-refractivity contribution in [2.45, 2.75) is 6.42 Å². The highest BCUT2D eigenvalue weighted by Gasteiger charge is 2.14. The lowest BCUT2D eigenvalue weighted by molar-refractivity contribution is -0.385. The van der Waals surface area contributed by atoms with Gasteiger partial charge in [-0.2, -0.15) is 5.10 Å². The molecule has 2 aromatic rings. The molecule has 0 aliphatic heterocycles. The molecule has 26 heavy (non-hydrogen) atoms. The lowest BCUT2D eigenvalue weighted by atomic mass is 10.1. The third kappa shape index (κ3) is 5.56. The third-order valence-electron chi connectivity index (χ3n) is 3.21. The monoisotopic (exact) mass is 463 g/mol. The first-order chi connectivity index (χ1) is 12.5. The van der Waals surface area contributed by atoms with Crippen LogP contribution in [0.3, 0.4) is 0 Å². The van der Waals surface area contributed by atoms with E-state index in [9.17, 15) is 14.9 Å². The van der Waals surface area contributed by atoms with Crippen LogP contribution in [0.4, 0.5) is 5.69 Å². The Morgan fingerprint density at radius 3 is 2.85 bits per heavy atom. The first-order valence-electron chi connectivity index (χ1n) is 7.41. The standard InChI is InChI=1S/C18H14IN3O4/c1-2-9-26-17-8-7-13(10-15(17)19)12-20-21-18(23)11-14-5-3-4-6-16(14)22(24)25/h1,3-8,10,12H,9,11H2,(H,21,23). The molecule has 0 unspecified atom stereocenters. The Kier molecular flexibility index (Phi) is 7.11. The van der Waals surface area contributed by atoms with E-state index in [2.05, 4.69) is 39.0 Å². The van der Waals surface area contributed by atoms with Gasteiger partial charge in [0.05, 0.1) is 21.1 Å². The summed E-state index contributed by atoms with van der Waals surface area (Å²) in [6.45, 7) is 0.186. The fourth-order valence-corrected chi connectivity index (χ4v) is 2.76. The molecular formula is C18H14IN3O4. The van der Waals surface area contributed by atoms with E-state index in [-0.39, 0.29) is 18.7 Å². The number of carbonyl (C=O) groups excluding carboxylic acids is 1. The summed E-state index contributed by atoms with van der Waals surface area (Å²) >= 11 is 2.11. The second-order valence-electron chi connectivity index (χ2n) is 5.04. The minimum Gasteiger partial charge on any atom is -0.480 e. The minimum atomic E-state index is -0.516. The SMILES string of the molecule is C#CCOc1ccc(C=NNC(=O)Cc2ccccc2[N+](=O)[O-])cc1I. The average Bonchev–Trinajstić information content (AvgIpc) is 2.61. The zero-order valence-electron chi connectivity index (χ0n) is 13.5. The highest BCUT2D eigenvalue weighted by Crippen LogP contribution is 2.21. The average molecular weight is 463 g/mol. The second-order valence-corrected chi connectivity index (χ2v) is 6.20. The van der Waals surface area contributed by atoms with Crippen molar-refractivity contribution < 1.29 is 14.5 Å². The lowest BCUT2D eigenvalue weighted by Gasteiger charge is -2.05. The maximum absolute atomic E-state index is 11.9. The summed E-state index contributed by atoms with van der Waals surface area (Å²) in [7, 11) is 0. The molecule has 0 saturated heterocycles. The van der Waals surface area contributed by atoms with Gasteiger partial charge in [-0.3, -0.25) is 14.9 Å². The predicted molar refractivity (Wildman–Crippen MR) is 106 cm³/mol. The van der Waals surface area contributed by atoms with Crippen molar-refractivity contribution in [3.8, 4) is 18.1 Å². The van der Waals surface area contributed by atoms with Crippen LogP contribution in [0.1, 0.15) is 11.1 Å². The smallest absolute Gasteiger partial charge is 0.273 e. The van der Waals surface area contributed by atoms with Crippen LogP contribution < -0.4 is 10.2 Å². The van der Waals surface area contributed by atoms with Crippen molar-refractivity contribution in [3.05, 3.63) is 67.3 Å². The first kappa shape index (κ1) is 19.4. The van der Waals surface area contributed by atoms with Crippen LogP contribution in [0.15, 0.2) is 47.6 Å². The van der Waals surface area contributed by atoms with E-state index in [1.165, 1.54) is 12.3 Å². The third-order valence-corrected chi connectivity index (χ3v) is 4.05. The van der Waals surface area contributed by atoms with Crippen LogP contribution in [0, 0.1) is 26.0 Å². The number of nitro benzene ring substituents is 1. The van der Waals surface area contributed by atoms with E-state index in [0.717, 1.165) is 9.13 Å². The second kappa shape index (κ2) is 9.53. The van der Waals surface area contributed by atoms with Gasteiger partial charge in [-0.05, 0) is 46.4 Å². The highest BCUT2D eigenvalue weighted by atomic mass is 127. The molecule has 1 N–H and O–H groups in total. The normalized spacial score (nSPS) is 10.3. The topological polar surface area (TPSA) is 93.8 Å². The van der Waals surface area contributed by atoms with E-state index in [1.54, 1.807) is 30.3 Å². The summed E-state index contributed by atoms with van der Waals surface area (Å²) in [5, 5.41) is 14.8. The Morgan fingerprint density at radius 1 is 1.38 bits per heavy atom. The quantitative estimate of drug-likeness (QED) is 0.225. The summed E-state index contributed by atoms with van der Waals surface area (Å²) in [5.41, 5.74) is 3.35. The molecule has 7 nitrogen and oxygen atoms in total.